The second-order valence-electron chi connectivity index (χ2n) is 4.17. The highest BCUT2D eigenvalue weighted by molar-refractivity contribution is 5.83. The molecule has 0 bridgehead atoms. The van der Waals surface area contributed by atoms with Gasteiger partial charge in [0.05, 0.1) is 4.92 Å². The van der Waals surface area contributed by atoms with Gasteiger partial charge in [-0.2, -0.15) is 0 Å². The Bertz CT molecular complexity index is 769. The SMILES string of the molecule is Nc1ccccc1[N+](=O)[O-].Oc1cccc2cccnc12. The van der Waals surface area contributed by atoms with E-state index in [1.54, 1.807) is 30.5 Å². The van der Waals surface area contributed by atoms with E-state index in [9.17, 15) is 15.2 Å². The summed E-state index contributed by atoms with van der Waals surface area (Å²) in [5.74, 6) is 0.239. The number of rotatable bonds is 1. The monoisotopic (exact) mass is 283 g/mol. The number of phenols is 1. The van der Waals surface area contributed by atoms with Crippen LogP contribution in [0.5, 0.6) is 5.75 Å². The zero-order valence-corrected chi connectivity index (χ0v) is 11.0. The molecule has 3 aromatic rings. The number of aromatic nitrogens is 1. The van der Waals surface area contributed by atoms with Crippen LogP contribution >= 0.6 is 0 Å². The zero-order valence-electron chi connectivity index (χ0n) is 11.0. The number of pyridine rings is 1. The van der Waals surface area contributed by atoms with Crippen molar-refractivity contribution in [3.63, 3.8) is 0 Å². The Morgan fingerprint density at radius 3 is 2.38 bits per heavy atom. The summed E-state index contributed by atoms with van der Waals surface area (Å²) in [4.78, 5) is 13.7. The third-order valence-corrected chi connectivity index (χ3v) is 2.74. The second-order valence-corrected chi connectivity index (χ2v) is 4.17. The van der Waals surface area contributed by atoms with Gasteiger partial charge in [-0.1, -0.05) is 30.3 Å². The van der Waals surface area contributed by atoms with Crippen molar-refractivity contribution in [2.75, 3.05) is 5.73 Å². The van der Waals surface area contributed by atoms with Crippen LogP contribution in [0.1, 0.15) is 0 Å². The molecule has 0 radical (unpaired) electrons. The first-order valence-electron chi connectivity index (χ1n) is 6.11. The molecule has 1 aromatic heterocycles. The van der Waals surface area contributed by atoms with Crippen LogP contribution in [0.25, 0.3) is 10.9 Å². The molecule has 0 saturated heterocycles. The quantitative estimate of drug-likeness (QED) is 0.406. The van der Waals surface area contributed by atoms with Crippen molar-refractivity contribution < 1.29 is 10.0 Å². The summed E-state index contributed by atoms with van der Waals surface area (Å²) in [5, 5.41) is 20.4. The first kappa shape index (κ1) is 14.3. The van der Waals surface area contributed by atoms with E-state index in [0.29, 0.717) is 5.52 Å². The number of nitro groups is 1. The number of aromatic hydroxyl groups is 1. The van der Waals surface area contributed by atoms with E-state index >= 15 is 0 Å². The Kier molecular flexibility index (Phi) is 4.30. The number of fused-ring (bicyclic) bond motifs is 1. The van der Waals surface area contributed by atoms with Crippen LogP contribution in [0.3, 0.4) is 0 Å². The maximum atomic E-state index is 10.1. The van der Waals surface area contributed by atoms with Gasteiger partial charge in [0.2, 0.25) is 0 Å². The minimum absolute atomic E-state index is 0.0394. The standard InChI is InChI=1S/C9H7NO.C6H6N2O2/c11-8-5-1-3-7-4-2-6-10-9(7)8;7-5-3-1-2-4-6(5)8(9)10/h1-6,11H;1-4H,7H2. The highest BCUT2D eigenvalue weighted by atomic mass is 16.6. The van der Waals surface area contributed by atoms with E-state index in [2.05, 4.69) is 4.98 Å². The van der Waals surface area contributed by atoms with E-state index in [0.717, 1.165) is 5.39 Å². The molecule has 0 saturated carbocycles. The first-order valence-corrected chi connectivity index (χ1v) is 6.11. The number of nitrogens with zero attached hydrogens (tertiary/aromatic N) is 2. The van der Waals surface area contributed by atoms with Gasteiger partial charge >= 0.3 is 0 Å². The molecule has 0 unspecified atom stereocenters. The molecule has 1 heterocycles. The fourth-order valence-corrected chi connectivity index (χ4v) is 1.74. The van der Waals surface area contributed by atoms with E-state index in [-0.39, 0.29) is 17.1 Å². The van der Waals surface area contributed by atoms with Gasteiger partial charge in [0.1, 0.15) is 17.0 Å². The Hall–Kier alpha value is -3.15. The summed E-state index contributed by atoms with van der Waals surface area (Å²) in [6.45, 7) is 0. The maximum absolute atomic E-state index is 10.1. The number of phenolic OH excluding ortho intramolecular Hbond substituents is 1. The molecule has 0 aliphatic rings. The molecule has 21 heavy (non-hydrogen) atoms. The van der Waals surface area contributed by atoms with E-state index in [4.69, 9.17) is 5.73 Å². The normalized spacial score (nSPS) is 9.71. The number of anilines is 1. The van der Waals surface area contributed by atoms with Crippen molar-refractivity contribution in [2.24, 2.45) is 0 Å². The van der Waals surface area contributed by atoms with Gasteiger partial charge in [-0.15, -0.1) is 0 Å². The summed E-state index contributed by atoms with van der Waals surface area (Å²) >= 11 is 0. The molecule has 0 atom stereocenters. The summed E-state index contributed by atoms with van der Waals surface area (Å²) in [6.07, 6.45) is 1.67. The molecular weight excluding hydrogens is 270 g/mol. The van der Waals surface area contributed by atoms with Gasteiger partial charge in [-0.25, -0.2) is 0 Å². The molecule has 2 aromatic carbocycles. The van der Waals surface area contributed by atoms with Crippen LogP contribution in [0.2, 0.25) is 0 Å². The van der Waals surface area contributed by atoms with Crippen molar-refractivity contribution >= 4 is 22.3 Å². The zero-order chi connectivity index (χ0) is 15.2. The maximum Gasteiger partial charge on any atom is 0.292 e. The number of nitro benzene ring substituents is 1. The number of hydrogen-bond donors (Lipinski definition) is 2. The molecule has 3 rings (SSSR count). The van der Waals surface area contributed by atoms with Crippen LogP contribution in [0.4, 0.5) is 11.4 Å². The van der Waals surface area contributed by atoms with Crippen LogP contribution in [-0.2, 0) is 0 Å². The van der Waals surface area contributed by atoms with Gasteiger partial charge in [-0.3, -0.25) is 15.1 Å². The number of hydrogen-bond acceptors (Lipinski definition) is 5. The minimum atomic E-state index is -0.505. The molecular formula is C15H13N3O3. The highest BCUT2D eigenvalue weighted by Gasteiger charge is 2.07. The molecule has 0 aliphatic carbocycles. The lowest BCUT2D eigenvalue weighted by Gasteiger charge is -1.96. The predicted molar refractivity (Wildman–Crippen MR) is 80.9 cm³/mol. The molecule has 0 fully saturated rings. The minimum Gasteiger partial charge on any atom is -0.506 e. The molecule has 0 spiro atoms. The Balaban J connectivity index is 0.000000155. The van der Waals surface area contributed by atoms with E-state index in [1.165, 1.54) is 12.1 Å². The van der Waals surface area contributed by atoms with Crippen LogP contribution < -0.4 is 5.73 Å². The van der Waals surface area contributed by atoms with Gasteiger partial charge in [-0.05, 0) is 18.2 Å². The van der Waals surface area contributed by atoms with Gasteiger partial charge in [0.15, 0.2) is 0 Å². The Morgan fingerprint density at radius 2 is 1.76 bits per heavy atom. The molecule has 106 valence electrons. The van der Waals surface area contributed by atoms with Crippen LogP contribution in [0.15, 0.2) is 60.8 Å². The fourth-order valence-electron chi connectivity index (χ4n) is 1.74. The number of nitrogens with two attached hydrogens (primary N) is 1. The van der Waals surface area contributed by atoms with Crippen LogP contribution in [0, 0.1) is 10.1 Å². The summed E-state index contributed by atoms with van der Waals surface area (Å²) in [7, 11) is 0. The highest BCUT2D eigenvalue weighted by Crippen LogP contribution is 2.20. The lowest BCUT2D eigenvalue weighted by atomic mass is 10.2. The third kappa shape index (κ3) is 3.44. The van der Waals surface area contributed by atoms with Crippen molar-refractivity contribution in [3.8, 4) is 5.75 Å². The smallest absolute Gasteiger partial charge is 0.292 e. The summed E-state index contributed by atoms with van der Waals surface area (Å²) < 4.78 is 0. The van der Waals surface area contributed by atoms with Gasteiger partial charge in [0.25, 0.3) is 5.69 Å². The van der Waals surface area contributed by atoms with Crippen molar-refractivity contribution in [1.82, 2.24) is 4.98 Å². The largest absolute Gasteiger partial charge is 0.506 e. The van der Waals surface area contributed by atoms with Crippen molar-refractivity contribution in [3.05, 3.63) is 70.9 Å². The topological polar surface area (TPSA) is 102 Å². The molecule has 0 aliphatic heterocycles. The lowest BCUT2D eigenvalue weighted by Crippen LogP contribution is -1.93. The van der Waals surface area contributed by atoms with Crippen molar-refractivity contribution in [1.29, 1.82) is 0 Å². The average Bonchev–Trinajstić information content (AvgIpc) is 2.49. The van der Waals surface area contributed by atoms with Crippen LogP contribution in [-0.4, -0.2) is 15.0 Å². The third-order valence-electron chi connectivity index (χ3n) is 2.74. The van der Waals surface area contributed by atoms with Gasteiger partial charge < -0.3 is 10.8 Å². The average molecular weight is 283 g/mol. The fraction of sp³-hybridized carbons (Fsp3) is 0. The Morgan fingerprint density at radius 1 is 1.05 bits per heavy atom. The summed E-state index contributed by atoms with van der Waals surface area (Å²) in [5.41, 5.74) is 6.10. The molecule has 3 N–H and O–H groups in total. The van der Waals surface area contributed by atoms with E-state index in [1.807, 2.05) is 18.2 Å². The number of nitrogen functional groups attached to an aromatic ring is 1. The van der Waals surface area contributed by atoms with Crippen molar-refractivity contribution in [2.45, 2.75) is 0 Å². The molecule has 6 heteroatoms. The second kappa shape index (κ2) is 6.33. The molecule has 0 amide bonds. The lowest BCUT2D eigenvalue weighted by molar-refractivity contribution is -0.383. The number of para-hydroxylation sites is 3. The predicted octanol–water partition coefficient (Wildman–Crippen LogP) is 3.12. The Labute approximate surface area is 120 Å². The number of benzene rings is 2. The summed E-state index contributed by atoms with van der Waals surface area (Å²) in [6, 6.07) is 15.2. The van der Waals surface area contributed by atoms with Gasteiger partial charge in [0, 0.05) is 17.6 Å². The first-order chi connectivity index (χ1) is 10.1. The molecule has 6 nitrogen and oxygen atoms in total. The van der Waals surface area contributed by atoms with E-state index < -0.39 is 4.92 Å².